The summed E-state index contributed by atoms with van der Waals surface area (Å²) in [6.45, 7) is 13.1. The number of anilines is 1. The lowest BCUT2D eigenvalue weighted by atomic mass is 9.79. The summed E-state index contributed by atoms with van der Waals surface area (Å²) >= 11 is 0. The van der Waals surface area contributed by atoms with Crippen molar-refractivity contribution in [2.75, 3.05) is 44.3 Å². The Balaban J connectivity index is 1.61. The van der Waals surface area contributed by atoms with E-state index in [4.69, 9.17) is 9.72 Å². The Labute approximate surface area is 134 Å². The molecule has 0 aromatic carbocycles. The molecule has 4 heteroatoms. The van der Waals surface area contributed by atoms with Crippen LogP contribution in [0.1, 0.15) is 39.2 Å². The van der Waals surface area contributed by atoms with E-state index in [1.54, 1.807) is 0 Å². The van der Waals surface area contributed by atoms with E-state index in [0.717, 1.165) is 58.1 Å². The van der Waals surface area contributed by atoms with E-state index in [0.29, 0.717) is 6.04 Å². The van der Waals surface area contributed by atoms with E-state index in [1.807, 2.05) is 0 Å². The molecular formula is C18H29N3O. The number of aromatic nitrogens is 1. The van der Waals surface area contributed by atoms with Crippen LogP contribution in [0.5, 0.6) is 0 Å². The van der Waals surface area contributed by atoms with E-state index in [2.05, 4.69) is 48.9 Å². The highest BCUT2D eigenvalue weighted by atomic mass is 16.5. The van der Waals surface area contributed by atoms with Gasteiger partial charge in [0, 0.05) is 32.4 Å². The minimum absolute atomic E-state index is 0.258. The van der Waals surface area contributed by atoms with E-state index in [-0.39, 0.29) is 5.41 Å². The molecule has 22 heavy (non-hydrogen) atoms. The summed E-state index contributed by atoms with van der Waals surface area (Å²) in [4.78, 5) is 9.72. The lowest BCUT2D eigenvalue weighted by Crippen LogP contribution is -2.56. The normalized spacial score (nSPS) is 21.0. The third kappa shape index (κ3) is 2.99. The van der Waals surface area contributed by atoms with Crippen molar-refractivity contribution in [3.63, 3.8) is 0 Å². The highest BCUT2D eigenvalue weighted by Gasteiger charge is 2.29. The maximum absolute atomic E-state index is 5.30. The SMILES string of the molecule is CCC(C)(CC)c1ccc(N2CCN(C3COC3)CC2)nc1. The number of ether oxygens (including phenoxy) is 1. The van der Waals surface area contributed by atoms with Gasteiger partial charge < -0.3 is 9.64 Å². The molecule has 0 atom stereocenters. The van der Waals surface area contributed by atoms with Crippen molar-refractivity contribution in [1.82, 2.24) is 9.88 Å². The second-order valence-electron chi connectivity index (χ2n) is 6.89. The molecule has 3 rings (SSSR count). The topological polar surface area (TPSA) is 28.6 Å². The average Bonchev–Trinajstić information content (AvgIpc) is 2.53. The molecule has 2 saturated heterocycles. The Kier molecular flexibility index (Phi) is 4.69. The molecule has 3 heterocycles. The zero-order valence-electron chi connectivity index (χ0n) is 14.2. The van der Waals surface area contributed by atoms with E-state index in [9.17, 15) is 0 Å². The number of rotatable bonds is 5. The van der Waals surface area contributed by atoms with Crippen molar-refractivity contribution in [3.05, 3.63) is 23.9 Å². The Morgan fingerprint density at radius 2 is 1.82 bits per heavy atom. The van der Waals surface area contributed by atoms with Gasteiger partial charge in [-0.05, 0) is 29.9 Å². The molecule has 2 aliphatic rings. The fourth-order valence-corrected chi connectivity index (χ4v) is 3.34. The molecule has 1 aromatic heterocycles. The monoisotopic (exact) mass is 303 g/mol. The van der Waals surface area contributed by atoms with Crippen LogP contribution in [-0.4, -0.2) is 55.3 Å². The zero-order chi connectivity index (χ0) is 15.6. The van der Waals surface area contributed by atoms with Gasteiger partial charge in [0.05, 0.1) is 19.3 Å². The Hall–Kier alpha value is -1.13. The van der Waals surface area contributed by atoms with Crippen molar-refractivity contribution >= 4 is 5.82 Å². The number of pyridine rings is 1. The third-order valence-corrected chi connectivity index (χ3v) is 5.78. The molecule has 0 radical (unpaired) electrons. The van der Waals surface area contributed by atoms with Crippen LogP contribution in [0.15, 0.2) is 18.3 Å². The predicted octanol–water partition coefficient (Wildman–Crippen LogP) is 2.68. The molecule has 4 nitrogen and oxygen atoms in total. The van der Waals surface area contributed by atoms with Gasteiger partial charge in [0.25, 0.3) is 0 Å². The number of nitrogens with zero attached hydrogens (tertiary/aromatic N) is 3. The van der Waals surface area contributed by atoms with Gasteiger partial charge in [0.2, 0.25) is 0 Å². The molecule has 0 bridgehead atoms. The van der Waals surface area contributed by atoms with Gasteiger partial charge >= 0.3 is 0 Å². The van der Waals surface area contributed by atoms with Crippen LogP contribution in [0.4, 0.5) is 5.82 Å². The van der Waals surface area contributed by atoms with Crippen molar-refractivity contribution < 1.29 is 4.74 Å². The summed E-state index contributed by atoms with van der Waals surface area (Å²) in [6.07, 6.45) is 4.41. The molecule has 2 aliphatic heterocycles. The van der Waals surface area contributed by atoms with Crippen LogP contribution in [0.2, 0.25) is 0 Å². The van der Waals surface area contributed by atoms with Gasteiger partial charge in [-0.1, -0.05) is 26.8 Å². The van der Waals surface area contributed by atoms with Crippen LogP contribution in [0, 0.1) is 0 Å². The Bertz CT molecular complexity index is 472. The molecular weight excluding hydrogens is 274 g/mol. The van der Waals surface area contributed by atoms with E-state index in [1.165, 1.54) is 5.56 Å². The maximum Gasteiger partial charge on any atom is 0.128 e. The highest BCUT2D eigenvalue weighted by molar-refractivity contribution is 5.41. The molecule has 0 amide bonds. The molecule has 0 saturated carbocycles. The van der Waals surface area contributed by atoms with Gasteiger partial charge in [-0.3, -0.25) is 4.90 Å². The van der Waals surface area contributed by atoms with Crippen LogP contribution < -0.4 is 4.90 Å². The molecule has 0 spiro atoms. The standard InChI is InChI=1S/C18H29N3O/c1-4-18(3,5-2)15-6-7-17(19-12-15)21-10-8-20(9-11-21)16-13-22-14-16/h6-7,12,16H,4-5,8-11,13-14H2,1-3H3. The smallest absolute Gasteiger partial charge is 0.128 e. The average molecular weight is 303 g/mol. The fourth-order valence-electron chi connectivity index (χ4n) is 3.34. The fraction of sp³-hybridized carbons (Fsp3) is 0.722. The van der Waals surface area contributed by atoms with Gasteiger partial charge in [-0.25, -0.2) is 4.98 Å². The largest absolute Gasteiger partial charge is 0.378 e. The maximum atomic E-state index is 5.30. The second-order valence-corrected chi connectivity index (χ2v) is 6.89. The first-order valence-corrected chi connectivity index (χ1v) is 8.69. The summed E-state index contributed by atoms with van der Waals surface area (Å²) in [5.41, 5.74) is 1.63. The summed E-state index contributed by atoms with van der Waals surface area (Å²) in [5.74, 6) is 1.13. The molecule has 0 aliphatic carbocycles. The molecule has 1 aromatic rings. The molecule has 0 unspecified atom stereocenters. The van der Waals surface area contributed by atoms with Crippen molar-refractivity contribution in [2.45, 2.75) is 45.1 Å². The van der Waals surface area contributed by atoms with Gasteiger partial charge in [-0.2, -0.15) is 0 Å². The van der Waals surface area contributed by atoms with Gasteiger partial charge in [-0.15, -0.1) is 0 Å². The Morgan fingerprint density at radius 1 is 1.14 bits per heavy atom. The van der Waals surface area contributed by atoms with E-state index < -0.39 is 0 Å². The first kappa shape index (κ1) is 15.8. The van der Waals surface area contributed by atoms with E-state index >= 15 is 0 Å². The molecule has 122 valence electrons. The quantitative estimate of drug-likeness (QED) is 0.836. The second kappa shape index (κ2) is 6.55. The summed E-state index contributed by atoms with van der Waals surface area (Å²) in [6, 6.07) is 5.15. The summed E-state index contributed by atoms with van der Waals surface area (Å²) < 4.78 is 5.30. The zero-order valence-corrected chi connectivity index (χ0v) is 14.2. The van der Waals surface area contributed by atoms with Crippen LogP contribution in [-0.2, 0) is 10.2 Å². The predicted molar refractivity (Wildman–Crippen MR) is 90.6 cm³/mol. The third-order valence-electron chi connectivity index (χ3n) is 5.78. The van der Waals surface area contributed by atoms with Crippen molar-refractivity contribution in [3.8, 4) is 0 Å². The molecule has 2 fully saturated rings. The lowest BCUT2D eigenvalue weighted by molar-refractivity contribution is -0.0661. The van der Waals surface area contributed by atoms with Crippen LogP contribution in [0.3, 0.4) is 0 Å². The van der Waals surface area contributed by atoms with Crippen molar-refractivity contribution in [1.29, 1.82) is 0 Å². The number of piperazine rings is 1. The van der Waals surface area contributed by atoms with Crippen molar-refractivity contribution in [2.24, 2.45) is 0 Å². The van der Waals surface area contributed by atoms with Gasteiger partial charge in [0.15, 0.2) is 0 Å². The first-order valence-electron chi connectivity index (χ1n) is 8.69. The minimum atomic E-state index is 0.258. The number of hydrogen-bond acceptors (Lipinski definition) is 4. The minimum Gasteiger partial charge on any atom is -0.378 e. The van der Waals surface area contributed by atoms with Crippen LogP contribution >= 0.6 is 0 Å². The summed E-state index contributed by atoms with van der Waals surface area (Å²) in [7, 11) is 0. The van der Waals surface area contributed by atoms with Crippen LogP contribution in [0.25, 0.3) is 0 Å². The lowest BCUT2D eigenvalue weighted by Gasteiger charge is -2.42. The number of hydrogen-bond donors (Lipinski definition) is 0. The Morgan fingerprint density at radius 3 is 2.27 bits per heavy atom. The first-order chi connectivity index (χ1) is 10.7. The van der Waals surface area contributed by atoms with Gasteiger partial charge in [0.1, 0.15) is 5.82 Å². The molecule has 0 N–H and O–H groups in total. The summed E-state index contributed by atoms with van der Waals surface area (Å²) in [5, 5.41) is 0. The highest BCUT2D eigenvalue weighted by Crippen LogP contribution is 2.31.